The number of benzene rings is 9. The maximum atomic E-state index is 6.31. The molecule has 1 aromatic heterocycles. The van der Waals surface area contributed by atoms with Crippen molar-refractivity contribution >= 4 is 49.8 Å². The summed E-state index contributed by atoms with van der Waals surface area (Å²) in [6.45, 7) is 0. The average Bonchev–Trinajstić information content (AvgIpc) is 3.64. The summed E-state index contributed by atoms with van der Waals surface area (Å²) >= 11 is 0. The zero-order chi connectivity index (χ0) is 35.8. The second kappa shape index (κ2) is 13.4. The van der Waals surface area contributed by atoms with Gasteiger partial charge in [-0.2, -0.15) is 0 Å². The van der Waals surface area contributed by atoms with Crippen molar-refractivity contribution in [2.75, 3.05) is 4.90 Å². The Balaban J connectivity index is 1.07. The van der Waals surface area contributed by atoms with E-state index in [9.17, 15) is 0 Å². The van der Waals surface area contributed by atoms with Crippen molar-refractivity contribution in [1.82, 2.24) is 0 Å². The highest BCUT2D eigenvalue weighted by Gasteiger charge is 2.17. The van der Waals surface area contributed by atoms with E-state index in [4.69, 9.17) is 4.42 Å². The third-order valence-electron chi connectivity index (χ3n) is 10.5. The zero-order valence-corrected chi connectivity index (χ0v) is 29.6. The molecule has 0 aliphatic carbocycles. The molecule has 1 heterocycles. The summed E-state index contributed by atoms with van der Waals surface area (Å²) in [6, 6.07) is 75.9. The molecule has 0 aliphatic heterocycles. The fourth-order valence-corrected chi connectivity index (χ4v) is 7.72. The predicted octanol–water partition coefficient (Wildman–Crippen LogP) is 14.9. The second-order valence-electron chi connectivity index (χ2n) is 13.8. The number of hydrogen-bond donors (Lipinski definition) is 0. The average molecular weight is 690 g/mol. The molecule has 10 aromatic rings. The fraction of sp³-hybridized carbons (Fsp3) is 0. The zero-order valence-electron chi connectivity index (χ0n) is 29.6. The summed E-state index contributed by atoms with van der Waals surface area (Å²) in [6.07, 6.45) is 0. The third kappa shape index (κ3) is 5.81. The molecule has 254 valence electrons. The number of rotatable bonds is 7. The van der Waals surface area contributed by atoms with Crippen LogP contribution < -0.4 is 4.90 Å². The number of hydrogen-bond acceptors (Lipinski definition) is 2. The van der Waals surface area contributed by atoms with E-state index in [2.05, 4.69) is 205 Å². The van der Waals surface area contributed by atoms with Crippen LogP contribution in [0.5, 0.6) is 0 Å². The summed E-state index contributed by atoms with van der Waals surface area (Å²) in [4.78, 5) is 2.37. The van der Waals surface area contributed by atoms with Crippen molar-refractivity contribution in [1.29, 1.82) is 0 Å². The minimum atomic E-state index is 0.899. The van der Waals surface area contributed by atoms with Crippen LogP contribution in [0.3, 0.4) is 0 Å². The Morgan fingerprint density at radius 3 is 1.37 bits per heavy atom. The fourth-order valence-electron chi connectivity index (χ4n) is 7.72. The first-order valence-electron chi connectivity index (χ1n) is 18.4. The number of fused-ring (bicyclic) bond motifs is 5. The number of anilines is 3. The van der Waals surface area contributed by atoms with Crippen molar-refractivity contribution < 1.29 is 4.42 Å². The van der Waals surface area contributed by atoms with Crippen molar-refractivity contribution in [2.24, 2.45) is 0 Å². The maximum Gasteiger partial charge on any atom is 0.136 e. The molecule has 0 spiro atoms. The Bertz CT molecular complexity index is 2890. The van der Waals surface area contributed by atoms with Crippen LogP contribution in [-0.4, -0.2) is 0 Å². The van der Waals surface area contributed by atoms with E-state index < -0.39 is 0 Å². The molecule has 0 atom stereocenters. The summed E-state index contributed by atoms with van der Waals surface area (Å²) in [5.41, 5.74) is 14.6. The Morgan fingerprint density at radius 2 is 0.741 bits per heavy atom. The van der Waals surface area contributed by atoms with E-state index >= 15 is 0 Å². The summed E-state index contributed by atoms with van der Waals surface area (Å²) in [7, 11) is 0. The van der Waals surface area contributed by atoms with Crippen LogP contribution in [0, 0.1) is 0 Å². The van der Waals surface area contributed by atoms with Crippen LogP contribution in [0.15, 0.2) is 217 Å². The first-order valence-corrected chi connectivity index (χ1v) is 18.4. The van der Waals surface area contributed by atoms with Gasteiger partial charge in [-0.15, -0.1) is 0 Å². The smallest absolute Gasteiger partial charge is 0.136 e. The van der Waals surface area contributed by atoms with Crippen molar-refractivity contribution in [3.8, 4) is 44.5 Å². The van der Waals surface area contributed by atoms with Crippen molar-refractivity contribution in [3.63, 3.8) is 0 Å². The molecule has 2 heteroatoms. The number of nitrogens with zero attached hydrogens (tertiary/aromatic N) is 1. The largest absolute Gasteiger partial charge is 0.456 e. The van der Waals surface area contributed by atoms with Crippen molar-refractivity contribution in [2.45, 2.75) is 0 Å². The highest BCUT2D eigenvalue weighted by atomic mass is 16.3. The van der Waals surface area contributed by atoms with Gasteiger partial charge in [-0.3, -0.25) is 0 Å². The highest BCUT2D eigenvalue weighted by Crippen LogP contribution is 2.42. The highest BCUT2D eigenvalue weighted by molar-refractivity contribution is 6.19. The van der Waals surface area contributed by atoms with E-state index in [0.29, 0.717) is 0 Å². The standard InChI is InChI=1S/C52H35NO/c1-3-10-36(11-4-1)38-18-20-40(21-19-38)41-26-30-45(31-27-41)53(46-15-9-14-44(34-46)42-24-22-39(23-25-42)37-12-5-2-6-13-37)47-32-28-43-29-33-51-52(49(43)35-47)48-16-7-8-17-50(48)54-51/h1-35H. The van der Waals surface area contributed by atoms with Gasteiger partial charge in [0.2, 0.25) is 0 Å². The molecule has 0 unspecified atom stereocenters. The van der Waals surface area contributed by atoms with Gasteiger partial charge in [-0.1, -0.05) is 164 Å². The molecule has 0 aliphatic rings. The Labute approximate surface area is 314 Å². The molecule has 9 aromatic carbocycles. The normalized spacial score (nSPS) is 11.3. The second-order valence-corrected chi connectivity index (χ2v) is 13.8. The molecular weight excluding hydrogens is 655 g/mol. The summed E-state index contributed by atoms with van der Waals surface area (Å²) in [5, 5.41) is 4.62. The van der Waals surface area contributed by atoms with E-state index in [1.165, 1.54) is 49.7 Å². The first-order chi connectivity index (χ1) is 26.7. The van der Waals surface area contributed by atoms with Gasteiger partial charge in [0, 0.05) is 27.8 Å². The molecule has 10 rings (SSSR count). The molecule has 0 saturated carbocycles. The minimum absolute atomic E-state index is 0.899. The number of para-hydroxylation sites is 1. The quantitative estimate of drug-likeness (QED) is 0.166. The van der Waals surface area contributed by atoms with Gasteiger partial charge in [0.1, 0.15) is 11.2 Å². The topological polar surface area (TPSA) is 16.4 Å². The van der Waals surface area contributed by atoms with Crippen LogP contribution in [-0.2, 0) is 0 Å². The summed E-state index contributed by atoms with van der Waals surface area (Å²) < 4.78 is 6.31. The van der Waals surface area contributed by atoms with Gasteiger partial charge in [0.25, 0.3) is 0 Å². The van der Waals surface area contributed by atoms with E-state index in [0.717, 1.165) is 44.6 Å². The third-order valence-corrected chi connectivity index (χ3v) is 10.5. The molecule has 0 fully saturated rings. The lowest BCUT2D eigenvalue weighted by Gasteiger charge is -2.27. The molecule has 54 heavy (non-hydrogen) atoms. The van der Waals surface area contributed by atoms with E-state index in [1.54, 1.807) is 0 Å². The molecule has 0 radical (unpaired) electrons. The van der Waals surface area contributed by atoms with Crippen LogP contribution >= 0.6 is 0 Å². The lowest BCUT2D eigenvalue weighted by Crippen LogP contribution is -2.10. The molecule has 0 saturated heterocycles. The Kier molecular flexibility index (Phi) is 7.85. The van der Waals surface area contributed by atoms with Crippen LogP contribution in [0.2, 0.25) is 0 Å². The molecule has 0 N–H and O–H groups in total. The lowest BCUT2D eigenvalue weighted by atomic mass is 9.99. The summed E-state index contributed by atoms with van der Waals surface area (Å²) in [5.74, 6) is 0. The molecule has 0 amide bonds. The van der Waals surface area contributed by atoms with E-state index in [1.807, 2.05) is 12.1 Å². The van der Waals surface area contributed by atoms with Gasteiger partial charge in [-0.25, -0.2) is 0 Å². The van der Waals surface area contributed by atoms with Gasteiger partial charge in [0.05, 0.1) is 0 Å². The minimum Gasteiger partial charge on any atom is -0.456 e. The van der Waals surface area contributed by atoms with Gasteiger partial charge < -0.3 is 9.32 Å². The SMILES string of the molecule is c1ccc(-c2ccc(-c3ccc(N(c4cccc(-c5ccc(-c6ccccc6)cc5)c4)c4ccc5ccc6oc7ccccc7c6c5c4)cc3)cc2)cc1. The molecule has 0 bridgehead atoms. The van der Waals surface area contributed by atoms with Crippen LogP contribution in [0.4, 0.5) is 17.1 Å². The Hall–Kier alpha value is -7.16. The molecular formula is C52H35NO. The maximum absolute atomic E-state index is 6.31. The van der Waals surface area contributed by atoms with Gasteiger partial charge >= 0.3 is 0 Å². The number of furan rings is 1. The first kappa shape index (κ1) is 31.6. The van der Waals surface area contributed by atoms with Crippen LogP contribution in [0.1, 0.15) is 0 Å². The van der Waals surface area contributed by atoms with E-state index in [-0.39, 0.29) is 0 Å². The van der Waals surface area contributed by atoms with Crippen LogP contribution in [0.25, 0.3) is 77.2 Å². The monoisotopic (exact) mass is 689 g/mol. The Morgan fingerprint density at radius 1 is 0.278 bits per heavy atom. The van der Waals surface area contributed by atoms with Gasteiger partial charge in [0.15, 0.2) is 0 Å². The molecule has 2 nitrogen and oxygen atoms in total. The predicted molar refractivity (Wildman–Crippen MR) is 228 cm³/mol. The van der Waals surface area contributed by atoms with Crippen molar-refractivity contribution in [3.05, 3.63) is 212 Å². The lowest BCUT2D eigenvalue weighted by molar-refractivity contribution is 0.669. The van der Waals surface area contributed by atoms with Gasteiger partial charge in [-0.05, 0) is 104 Å².